The molecule has 2 saturated carbocycles. The maximum Gasteiger partial charge on any atom is 0.225 e. The quantitative estimate of drug-likeness (QED) is 0.869. The van der Waals surface area contributed by atoms with Crippen LogP contribution in [0.4, 0.5) is 0 Å². The third kappa shape index (κ3) is 3.43. The van der Waals surface area contributed by atoms with Crippen molar-refractivity contribution in [2.24, 2.45) is 5.92 Å². The van der Waals surface area contributed by atoms with Crippen molar-refractivity contribution in [3.63, 3.8) is 0 Å². The molecule has 2 aliphatic carbocycles. The van der Waals surface area contributed by atoms with E-state index in [1.807, 2.05) is 0 Å². The minimum Gasteiger partial charge on any atom is -0.389 e. The third-order valence-electron chi connectivity index (χ3n) is 6.74. The van der Waals surface area contributed by atoms with Gasteiger partial charge in [0.15, 0.2) is 0 Å². The lowest BCUT2D eigenvalue weighted by molar-refractivity contribution is -0.141. The Morgan fingerprint density at radius 3 is 2.52 bits per heavy atom. The molecule has 2 aliphatic heterocycles. The van der Waals surface area contributed by atoms with E-state index in [1.54, 1.807) is 0 Å². The van der Waals surface area contributed by atoms with Crippen molar-refractivity contribution in [2.75, 3.05) is 19.6 Å². The minimum absolute atomic E-state index is 0.205. The Balaban J connectivity index is 1.34. The molecule has 23 heavy (non-hydrogen) atoms. The summed E-state index contributed by atoms with van der Waals surface area (Å²) in [7, 11) is 0. The fourth-order valence-electron chi connectivity index (χ4n) is 5.31. The summed E-state index contributed by atoms with van der Waals surface area (Å²) in [6, 6.07) is 1.58. The van der Waals surface area contributed by atoms with Crippen LogP contribution in [-0.2, 0) is 4.79 Å². The zero-order valence-electron chi connectivity index (χ0n) is 14.4. The van der Waals surface area contributed by atoms with E-state index in [-0.39, 0.29) is 5.91 Å². The fraction of sp³-hybridized carbons (Fsp3) is 0.947. The van der Waals surface area contributed by atoms with Crippen LogP contribution in [-0.4, -0.2) is 58.1 Å². The van der Waals surface area contributed by atoms with Crippen molar-refractivity contribution in [3.05, 3.63) is 0 Å². The van der Waals surface area contributed by atoms with Gasteiger partial charge in [-0.3, -0.25) is 9.69 Å². The molecule has 0 spiro atoms. The Bertz CT molecular complexity index is 443. The zero-order valence-corrected chi connectivity index (χ0v) is 14.4. The summed E-state index contributed by atoms with van der Waals surface area (Å²) in [5.74, 6) is 0.874. The van der Waals surface area contributed by atoms with Crippen LogP contribution in [0.5, 0.6) is 0 Å². The van der Waals surface area contributed by atoms with Gasteiger partial charge in [-0.25, -0.2) is 0 Å². The number of likely N-dealkylation sites (tertiary alicyclic amines) is 2. The average molecular weight is 320 g/mol. The summed E-state index contributed by atoms with van der Waals surface area (Å²) < 4.78 is 0. The SMILES string of the molecule is O=C(CC1(O)CCCCC1)N1CCC2C(CCCN2C2CC2)C1. The second-order valence-corrected chi connectivity index (χ2v) is 8.53. The topological polar surface area (TPSA) is 43.8 Å². The predicted molar refractivity (Wildman–Crippen MR) is 90.1 cm³/mol. The Morgan fingerprint density at radius 1 is 1.00 bits per heavy atom. The molecular formula is C19H32N2O2. The van der Waals surface area contributed by atoms with Crippen molar-refractivity contribution < 1.29 is 9.90 Å². The summed E-state index contributed by atoms with van der Waals surface area (Å²) >= 11 is 0. The maximum atomic E-state index is 12.7. The van der Waals surface area contributed by atoms with Crippen molar-refractivity contribution in [3.8, 4) is 0 Å². The van der Waals surface area contributed by atoms with E-state index in [2.05, 4.69) is 9.80 Å². The Labute approximate surface area is 140 Å². The minimum atomic E-state index is -0.710. The first-order chi connectivity index (χ1) is 11.1. The van der Waals surface area contributed by atoms with E-state index >= 15 is 0 Å². The van der Waals surface area contributed by atoms with Gasteiger partial charge in [0.25, 0.3) is 0 Å². The molecule has 0 aromatic heterocycles. The number of amides is 1. The molecule has 0 aromatic rings. The van der Waals surface area contributed by atoms with Gasteiger partial charge in [-0.1, -0.05) is 19.3 Å². The number of aliphatic hydroxyl groups is 1. The largest absolute Gasteiger partial charge is 0.389 e. The zero-order chi connectivity index (χ0) is 15.9. The van der Waals surface area contributed by atoms with Crippen LogP contribution in [0.15, 0.2) is 0 Å². The standard InChI is InChI=1S/C19H32N2O2/c22-18(13-19(23)9-2-1-3-10-19)20-12-8-17-15(14-20)5-4-11-21(17)16-6-7-16/h15-17,23H,1-14H2. The highest BCUT2D eigenvalue weighted by atomic mass is 16.3. The molecule has 0 radical (unpaired) electrons. The molecule has 4 aliphatic rings. The number of rotatable bonds is 3. The van der Waals surface area contributed by atoms with E-state index in [0.717, 1.165) is 57.3 Å². The first-order valence-corrected chi connectivity index (χ1v) is 9.91. The van der Waals surface area contributed by atoms with E-state index in [9.17, 15) is 9.90 Å². The van der Waals surface area contributed by atoms with E-state index in [4.69, 9.17) is 0 Å². The number of carbonyl (C=O) groups excluding carboxylic acids is 1. The number of piperidine rings is 2. The second-order valence-electron chi connectivity index (χ2n) is 8.53. The van der Waals surface area contributed by atoms with Crippen LogP contribution < -0.4 is 0 Å². The number of carbonyl (C=O) groups is 1. The summed E-state index contributed by atoms with van der Waals surface area (Å²) in [5, 5.41) is 10.7. The van der Waals surface area contributed by atoms with Crippen LogP contribution in [0.25, 0.3) is 0 Å². The molecule has 130 valence electrons. The van der Waals surface area contributed by atoms with Gasteiger partial charge in [-0.15, -0.1) is 0 Å². The average Bonchev–Trinajstić information content (AvgIpc) is 3.39. The number of hydrogen-bond acceptors (Lipinski definition) is 3. The van der Waals surface area contributed by atoms with Crippen molar-refractivity contribution in [2.45, 2.75) is 88.3 Å². The first kappa shape index (κ1) is 15.9. The first-order valence-electron chi connectivity index (χ1n) is 9.91. The van der Waals surface area contributed by atoms with Gasteiger partial charge >= 0.3 is 0 Å². The highest BCUT2D eigenvalue weighted by Crippen LogP contribution is 2.39. The van der Waals surface area contributed by atoms with Gasteiger partial charge in [-0.05, 0) is 57.4 Å². The van der Waals surface area contributed by atoms with E-state index in [0.29, 0.717) is 12.3 Å². The van der Waals surface area contributed by atoms with Crippen LogP contribution in [0.2, 0.25) is 0 Å². The van der Waals surface area contributed by atoms with Gasteiger partial charge < -0.3 is 10.0 Å². The molecular weight excluding hydrogens is 288 g/mol. The predicted octanol–water partition coefficient (Wildman–Crippen LogP) is 2.55. The summed E-state index contributed by atoms with van der Waals surface area (Å²) in [5.41, 5.74) is -0.710. The molecule has 1 N–H and O–H groups in total. The van der Waals surface area contributed by atoms with Crippen LogP contribution in [0.3, 0.4) is 0 Å². The number of fused-ring (bicyclic) bond motifs is 1. The van der Waals surface area contributed by atoms with Crippen LogP contribution >= 0.6 is 0 Å². The highest BCUT2D eigenvalue weighted by molar-refractivity contribution is 5.77. The number of hydrogen-bond donors (Lipinski definition) is 1. The van der Waals surface area contributed by atoms with Crippen LogP contribution in [0.1, 0.15) is 70.6 Å². The molecule has 4 heteroatoms. The van der Waals surface area contributed by atoms with E-state index in [1.165, 1.54) is 38.6 Å². The van der Waals surface area contributed by atoms with Crippen molar-refractivity contribution >= 4 is 5.91 Å². The van der Waals surface area contributed by atoms with Gasteiger partial charge in [0.1, 0.15) is 0 Å². The van der Waals surface area contributed by atoms with Gasteiger partial charge in [0, 0.05) is 25.2 Å². The molecule has 4 nitrogen and oxygen atoms in total. The van der Waals surface area contributed by atoms with Gasteiger partial charge in [0.05, 0.1) is 12.0 Å². The molecule has 2 unspecified atom stereocenters. The maximum absolute atomic E-state index is 12.7. The Hall–Kier alpha value is -0.610. The third-order valence-corrected chi connectivity index (χ3v) is 6.74. The summed E-state index contributed by atoms with van der Waals surface area (Å²) in [6.45, 7) is 3.11. The lowest BCUT2D eigenvalue weighted by Crippen LogP contribution is -2.56. The van der Waals surface area contributed by atoms with Crippen molar-refractivity contribution in [1.82, 2.24) is 9.80 Å². The monoisotopic (exact) mass is 320 g/mol. The Morgan fingerprint density at radius 2 is 1.78 bits per heavy atom. The molecule has 0 bridgehead atoms. The van der Waals surface area contributed by atoms with Gasteiger partial charge in [-0.2, -0.15) is 0 Å². The lowest BCUT2D eigenvalue weighted by atomic mass is 9.81. The molecule has 4 fully saturated rings. The second kappa shape index (κ2) is 6.36. The van der Waals surface area contributed by atoms with Crippen LogP contribution in [0, 0.1) is 5.92 Å². The molecule has 2 atom stereocenters. The highest BCUT2D eigenvalue weighted by Gasteiger charge is 2.43. The summed E-state index contributed by atoms with van der Waals surface area (Å²) in [4.78, 5) is 17.6. The normalized spacial score (nSPS) is 34.9. The Kier molecular flexibility index (Phi) is 4.39. The molecule has 4 rings (SSSR count). The molecule has 2 heterocycles. The van der Waals surface area contributed by atoms with Crippen molar-refractivity contribution in [1.29, 1.82) is 0 Å². The van der Waals surface area contributed by atoms with Gasteiger partial charge in [0.2, 0.25) is 5.91 Å². The molecule has 2 saturated heterocycles. The summed E-state index contributed by atoms with van der Waals surface area (Å²) in [6.07, 6.45) is 11.8. The molecule has 0 aromatic carbocycles. The number of nitrogens with zero attached hydrogens (tertiary/aromatic N) is 2. The smallest absolute Gasteiger partial charge is 0.225 e. The lowest BCUT2D eigenvalue weighted by Gasteiger charge is -2.48. The molecule has 1 amide bonds. The van der Waals surface area contributed by atoms with E-state index < -0.39 is 5.60 Å². The fourth-order valence-corrected chi connectivity index (χ4v) is 5.31.